The number of nitrogens with zero attached hydrogens (tertiary/aromatic N) is 2. The zero-order valence-corrected chi connectivity index (χ0v) is 10.1. The topological polar surface area (TPSA) is 67.3 Å². The molecule has 0 saturated heterocycles. The fraction of sp³-hybridized carbons (Fsp3) is 0.667. The predicted octanol–water partition coefficient (Wildman–Crippen LogP) is 1.45. The Hall–Kier alpha value is -1.36. The van der Waals surface area contributed by atoms with Gasteiger partial charge in [0.15, 0.2) is 0 Å². The van der Waals surface area contributed by atoms with Gasteiger partial charge in [0.25, 0.3) is 0 Å². The van der Waals surface area contributed by atoms with Crippen LogP contribution in [0.15, 0.2) is 12.4 Å². The van der Waals surface area contributed by atoms with Crippen LogP contribution in [0.2, 0.25) is 0 Å². The molecule has 2 unspecified atom stereocenters. The lowest BCUT2D eigenvalue weighted by Gasteiger charge is -2.11. The van der Waals surface area contributed by atoms with E-state index in [2.05, 4.69) is 15.3 Å². The molecule has 1 saturated carbocycles. The largest absolute Gasteiger partial charge is 0.478 e. The van der Waals surface area contributed by atoms with Gasteiger partial charge in [-0.2, -0.15) is 0 Å². The van der Waals surface area contributed by atoms with E-state index in [1.165, 1.54) is 6.33 Å². The van der Waals surface area contributed by atoms with Crippen molar-refractivity contribution >= 4 is 5.82 Å². The number of anilines is 1. The van der Waals surface area contributed by atoms with E-state index in [9.17, 15) is 5.11 Å². The Balaban J connectivity index is 1.83. The van der Waals surface area contributed by atoms with Gasteiger partial charge in [-0.25, -0.2) is 9.97 Å². The van der Waals surface area contributed by atoms with Gasteiger partial charge in [-0.3, -0.25) is 0 Å². The maximum Gasteiger partial charge on any atom is 0.218 e. The van der Waals surface area contributed by atoms with E-state index >= 15 is 0 Å². The van der Waals surface area contributed by atoms with Gasteiger partial charge in [0.2, 0.25) is 5.88 Å². The molecule has 94 valence electrons. The van der Waals surface area contributed by atoms with Crippen molar-refractivity contribution in [1.29, 1.82) is 0 Å². The summed E-state index contributed by atoms with van der Waals surface area (Å²) in [4.78, 5) is 8.14. The van der Waals surface area contributed by atoms with Crippen LogP contribution in [-0.4, -0.2) is 34.3 Å². The molecule has 1 heterocycles. The number of aliphatic hydroxyl groups is 1. The second-order valence-corrected chi connectivity index (χ2v) is 4.39. The SMILES string of the molecule is CCOc1cc(NCC2CCC(O)C2)ncn1. The van der Waals surface area contributed by atoms with Crippen molar-refractivity contribution in [2.24, 2.45) is 5.92 Å². The number of hydrogen-bond acceptors (Lipinski definition) is 5. The number of rotatable bonds is 5. The van der Waals surface area contributed by atoms with Crippen LogP contribution in [0.25, 0.3) is 0 Å². The van der Waals surface area contributed by atoms with Crippen LogP contribution < -0.4 is 10.1 Å². The van der Waals surface area contributed by atoms with Gasteiger partial charge < -0.3 is 15.2 Å². The second kappa shape index (κ2) is 5.82. The predicted molar refractivity (Wildman–Crippen MR) is 65.0 cm³/mol. The van der Waals surface area contributed by atoms with Gasteiger partial charge in [-0.1, -0.05) is 0 Å². The summed E-state index contributed by atoms with van der Waals surface area (Å²) >= 11 is 0. The fourth-order valence-electron chi connectivity index (χ4n) is 2.15. The highest BCUT2D eigenvalue weighted by atomic mass is 16.5. The van der Waals surface area contributed by atoms with Gasteiger partial charge in [0.1, 0.15) is 12.1 Å². The van der Waals surface area contributed by atoms with Crippen LogP contribution in [0.4, 0.5) is 5.82 Å². The minimum atomic E-state index is -0.119. The van der Waals surface area contributed by atoms with E-state index in [4.69, 9.17) is 4.74 Å². The zero-order chi connectivity index (χ0) is 12.1. The number of aromatic nitrogens is 2. The maximum atomic E-state index is 9.44. The molecule has 2 N–H and O–H groups in total. The highest BCUT2D eigenvalue weighted by Gasteiger charge is 2.22. The summed E-state index contributed by atoms with van der Waals surface area (Å²) in [5, 5.41) is 12.7. The molecule has 1 fully saturated rings. The molecule has 1 aromatic heterocycles. The Morgan fingerprint density at radius 2 is 2.35 bits per heavy atom. The summed E-state index contributed by atoms with van der Waals surface area (Å²) in [5.41, 5.74) is 0. The van der Waals surface area contributed by atoms with E-state index in [1.54, 1.807) is 6.07 Å². The summed E-state index contributed by atoms with van der Waals surface area (Å²) in [5.74, 6) is 1.91. The van der Waals surface area contributed by atoms with Crippen molar-refractivity contribution < 1.29 is 9.84 Å². The summed E-state index contributed by atoms with van der Waals surface area (Å²) in [6.45, 7) is 3.38. The Morgan fingerprint density at radius 3 is 3.06 bits per heavy atom. The van der Waals surface area contributed by atoms with E-state index in [0.717, 1.165) is 31.6 Å². The van der Waals surface area contributed by atoms with Gasteiger partial charge in [-0.15, -0.1) is 0 Å². The average molecular weight is 237 g/mol. The van der Waals surface area contributed by atoms with E-state index in [-0.39, 0.29) is 6.10 Å². The lowest BCUT2D eigenvalue weighted by molar-refractivity contribution is 0.178. The standard InChI is InChI=1S/C12H19N3O2/c1-2-17-12-6-11(14-8-15-12)13-7-9-3-4-10(16)5-9/h6,8-10,16H,2-5,7H2,1H3,(H,13,14,15). The monoisotopic (exact) mass is 237 g/mol. The van der Waals surface area contributed by atoms with E-state index in [1.807, 2.05) is 6.92 Å². The first-order valence-electron chi connectivity index (χ1n) is 6.14. The molecule has 0 amide bonds. The van der Waals surface area contributed by atoms with Gasteiger partial charge >= 0.3 is 0 Å². The van der Waals surface area contributed by atoms with Crippen molar-refractivity contribution in [3.8, 4) is 5.88 Å². The fourth-order valence-corrected chi connectivity index (χ4v) is 2.15. The highest BCUT2D eigenvalue weighted by molar-refractivity contribution is 5.37. The summed E-state index contributed by atoms with van der Waals surface area (Å²) < 4.78 is 5.30. The highest BCUT2D eigenvalue weighted by Crippen LogP contribution is 2.25. The number of hydrogen-bond donors (Lipinski definition) is 2. The third-order valence-corrected chi connectivity index (χ3v) is 3.02. The minimum absolute atomic E-state index is 0.119. The molecule has 5 heteroatoms. The Bertz CT molecular complexity index is 359. The number of aliphatic hydroxyl groups excluding tert-OH is 1. The first-order valence-corrected chi connectivity index (χ1v) is 6.14. The normalized spacial score (nSPS) is 23.6. The molecule has 17 heavy (non-hydrogen) atoms. The first-order chi connectivity index (χ1) is 8.28. The van der Waals surface area contributed by atoms with Crippen LogP contribution in [0.1, 0.15) is 26.2 Å². The molecule has 0 radical (unpaired) electrons. The Labute approximate surface area is 101 Å². The van der Waals surface area contributed by atoms with Crippen molar-refractivity contribution in [3.63, 3.8) is 0 Å². The molecule has 2 atom stereocenters. The van der Waals surface area contributed by atoms with Crippen molar-refractivity contribution in [3.05, 3.63) is 12.4 Å². The van der Waals surface area contributed by atoms with E-state index in [0.29, 0.717) is 18.4 Å². The molecular formula is C12H19N3O2. The van der Waals surface area contributed by atoms with Gasteiger partial charge in [0, 0.05) is 12.6 Å². The number of ether oxygens (including phenoxy) is 1. The molecule has 1 aliphatic rings. The van der Waals surface area contributed by atoms with Crippen LogP contribution >= 0.6 is 0 Å². The van der Waals surface area contributed by atoms with Gasteiger partial charge in [0.05, 0.1) is 12.7 Å². The smallest absolute Gasteiger partial charge is 0.218 e. The number of nitrogens with one attached hydrogen (secondary N) is 1. The molecule has 1 aromatic rings. The Kier molecular flexibility index (Phi) is 4.14. The van der Waals surface area contributed by atoms with Gasteiger partial charge in [-0.05, 0) is 32.1 Å². The molecule has 1 aliphatic carbocycles. The zero-order valence-electron chi connectivity index (χ0n) is 10.1. The first kappa shape index (κ1) is 12.1. The van der Waals surface area contributed by atoms with Crippen molar-refractivity contribution in [2.45, 2.75) is 32.3 Å². The summed E-state index contributed by atoms with van der Waals surface area (Å²) in [7, 11) is 0. The van der Waals surface area contributed by atoms with Crippen molar-refractivity contribution in [2.75, 3.05) is 18.5 Å². The maximum absolute atomic E-state index is 9.44. The summed E-state index contributed by atoms with van der Waals surface area (Å²) in [6, 6.07) is 1.80. The molecule has 5 nitrogen and oxygen atoms in total. The molecule has 0 bridgehead atoms. The quantitative estimate of drug-likeness (QED) is 0.811. The van der Waals surface area contributed by atoms with Crippen LogP contribution in [0.3, 0.4) is 0 Å². The summed E-state index contributed by atoms with van der Waals surface area (Å²) in [6.07, 6.45) is 4.26. The van der Waals surface area contributed by atoms with Crippen LogP contribution in [0.5, 0.6) is 5.88 Å². The van der Waals surface area contributed by atoms with Crippen LogP contribution in [0, 0.1) is 5.92 Å². The molecule has 0 spiro atoms. The van der Waals surface area contributed by atoms with E-state index < -0.39 is 0 Å². The Morgan fingerprint density at radius 1 is 1.47 bits per heavy atom. The molecule has 0 aromatic carbocycles. The lowest BCUT2D eigenvalue weighted by Crippen LogP contribution is -2.13. The third-order valence-electron chi connectivity index (χ3n) is 3.02. The minimum Gasteiger partial charge on any atom is -0.478 e. The average Bonchev–Trinajstić information content (AvgIpc) is 2.74. The molecule has 0 aliphatic heterocycles. The molecule has 2 rings (SSSR count). The second-order valence-electron chi connectivity index (χ2n) is 4.39. The molecular weight excluding hydrogens is 218 g/mol. The third kappa shape index (κ3) is 3.56. The lowest BCUT2D eigenvalue weighted by atomic mass is 10.1. The van der Waals surface area contributed by atoms with Crippen LogP contribution in [-0.2, 0) is 0 Å². The van der Waals surface area contributed by atoms with Crippen molar-refractivity contribution in [1.82, 2.24) is 9.97 Å².